The fourth-order valence-electron chi connectivity index (χ4n) is 1.24. The van der Waals surface area contributed by atoms with Crippen LogP contribution in [0, 0.1) is 0 Å². The first-order valence-electron chi connectivity index (χ1n) is 4.83. The molecule has 5 nitrogen and oxygen atoms in total. The van der Waals surface area contributed by atoms with Crippen molar-refractivity contribution in [2.75, 3.05) is 0 Å². The number of amides is 1. The predicted octanol–water partition coefficient (Wildman–Crippen LogP) is 1.92. The Balaban J connectivity index is 2.69. The Bertz CT molecular complexity index is 388. The predicted molar refractivity (Wildman–Crippen MR) is 57.5 cm³/mol. The third-order valence-electron chi connectivity index (χ3n) is 2.04. The molecule has 1 amide bonds. The largest absolute Gasteiger partial charge is 0.480 e. The van der Waals surface area contributed by atoms with Crippen LogP contribution < -0.4 is 5.32 Å². The summed E-state index contributed by atoms with van der Waals surface area (Å²) >= 11 is 5.60. The first-order valence-corrected chi connectivity index (χ1v) is 5.20. The lowest BCUT2D eigenvalue weighted by Gasteiger charge is -2.12. The molecule has 0 aliphatic heterocycles. The highest BCUT2D eigenvalue weighted by Crippen LogP contribution is 2.16. The van der Waals surface area contributed by atoms with Gasteiger partial charge in [0.1, 0.15) is 6.04 Å². The van der Waals surface area contributed by atoms with Gasteiger partial charge >= 0.3 is 5.97 Å². The van der Waals surface area contributed by atoms with Gasteiger partial charge in [0.05, 0.1) is 11.8 Å². The van der Waals surface area contributed by atoms with E-state index in [0.717, 1.165) is 0 Å². The van der Waals surface area contributed by atoms with Gasteiger partial charge in [-0.15, -0.1) is 0 Å². The van der Waals surface area contributed by atoms with E-state index in [1.165, 1.54) is 12.3 Å². The summed E-state index contributed by atoms with van der Waals surface area (Å²) in [7, 11) is 0. The van der Waals surface area contributed by atoms with Gasteiger partial charge in [-0.2, -0.15) is 0 Å². The van der Waals surface area contributed by atoms with Crippen LogP contribution in [0.2, 0.25) is 5.22 Å². The first-order chi connectivity index (χ1) is 7.56. The average Bonchev–Trinajstić information content (AvgIpc) is 2.63. The summed E-state index contributed by atoms with van der Waals surface area (Å²) in [4.78, 5) is 22.4. The van der Waals surface area contributed by atoms with Gasteiger partial charge < -0.3 is 14.8 Å². The smallest absolute Gasteiger partial charge is 0.326 e. The van der Waals surface area contributed by atoms with Crippen molar-refractivity contribution in [3.05, 3.63) is 23.1 Å². The molecule has 16 heavy (non-hydrogen) atoms. The summed E-state index contributed by atoms with van der Waals surface area (Å²) < 4.78 is 4.74. The molecular formula is C10H12ClNO4. The molecule has 1 rings (SSSR count). The molecule has 1 aromatic heterocycles. The number of hydrogen-bond acceptors (Lipinski definition) is 3. The molecule has 0 aliphatic rings. The van der Waals surface area contributed by atoms with Crippen molar-refractivity contribution in [3.8, 4) is 0 Å². The Morgan fingerprint density at radius 1 is 1.62 bits per heavy atom. The molecule has 0 aromatic carbocycles. The van der Waals surface area contributed by atoms with Crippen LogP contribution in [-0.2, 0) is 4.79 Å². The summed E-state index contributed by atoms with van der Waals surface area (Å²) in [5.41, 5.74) is 0.143. The monoisotopic (exact) mass is 245 g/mol. The van der Waals surface area contributed by atoms with Gasteiger partial charge in [0.15, 0.2) is 0 Å². The van der Waals surface area contributed by atoms with E-state index in [9.17, 15) is 9.59 Å². The molecular weight excluding hydrogens is 234 g/mol. The second kappa shape index (κ2) is 5.55. The normalized spacial score (nSPS) is 12.1. The summed E-state index contributed by atoms with van der Waals surface area (Å²) in [6.07, 6.45) is 2.31. The third-order valence-corrected chi connectivity index (χ3v) is 2.34. The summed E-state index contributed by atoms with van der Waals surface area (Å²) in [6, 6.07) is 0.492. The number of rotatable bonds is 5. The highest BCUT2D eigenvalue weighted by atomic mass is 35.5. The van der Waals surface area contributed by atoms with Crippen molar-refractivity contribution in [2.24, 2.45) is 0 Å². The number of carboxylic acids is 1. The van der Waals surface area contributed by atoms with Gasteiger partial charge in [0.2, 0.25) is 5.22 Å². The molecule has 0 unspecified atom stereocenters. The molecule has 1 heterocycles. The van der Waals surface area contributed by atoms with Crippen LogP contribution in [0.15, 0.2) is 16.7 Å². The summed E-state index contributed by atoms with van der Waals surface area (Å²) in [5.74, 6) is -1.60. The van der Waals surface area contributed by atoms with E-state index in [2.05, 4.69) is 5.32 Å². The second-order valence-electron chi connectivity index (χ2n) is 3.26. The van der Waals surface area contributed by atoms with E-state index in [1.54, 1.807) is 0 Å². The number of carboxylic acid groups (broad SMARTS) is 1. The Hall–Kier alpha value is -1.49. The van der Waals surface area contributed by atoms with E-state index < -0.39 is 17.9 Å². The van der Waals surface area contributed by atoms with Crippen molar-refractivity contribution in [2.45, 2.75) is 25.8 Å². The molecule has 0 bridgehead atoms. The van der Waals surface area contributed by atoms with Crippen LogP contribution in [0.4, 0.5) is 0 Å². The Morgan fingerprint density at radius 2 is 2.31 bits per heavy atom. The van der Waals surface area contributed by atoms with Crippen molar-refractivity contribution in [1.29, 1.82) is 0 Å². The molecule has 0 fully saturated rings. The molecule has 0 saturated heterocycles. The minimum Gasteiger partial charge on any atom is -0.480 e. The van der Waals surface area contributed by atoms with Crippen molar-refractivity contribution in [3.63, 3.8) is 0 Å². The van der Waals surface area contributed by atoms with Gasteiger partial charge in [-0.1, -0.05) is 13.3 Å². The molecule has 88 valence electrons. The minimum absolute atomic E-state index is 0.0434. The van der Waals surface area contributed by atoms with E-state index in [4.69, 9.17) is 21.1 Å². The van der Waals surface area contributed by atoms with Crippen LogP contribution in [-0.4, -0.2) is 23.0 Å². The van der Waals surface area contributed by atoms with E-state index in [-0.39, 0.29) is 10.8 Å². The fraction of sp³-hybridized carbons (Fsp3) is 0.400. The maximum absolute atomic E-state index is 11.6. The number of halogens is 1. The van der Waals surface area contributed by atoms with Crippen LogP contribution in [0.25, 0.3) is 0 Å². The van der Waals surface area contributed by atoms with Gasteiger partial charge in [0.25, 0.3) is 5.91 Å². The number of carbonyl (C=O) groups is 2. The lowest BCUT2D eigenvalue weighted by Crippen LogP contribution is -2.40. The number of furan rings is 1. The molecule has 0 radical (unpaired) electrons. The van der Waals surface area contributed by atoms with Crippen LogP contribution in [0.1, 0.15) is 30.1 Å². The first kappa shape index (κ1) is 12.6. The summed E-state index contributed by atoms with van der Waals surface area (Å²) in [6.45, 7) is 1.84. The van der Waals surface area contributed by atoms with Crippen LogP contribution >= 0.6 is 11.6 Å². The Kier molecular flexibility index (Phi) is 4.37. The zero-order valence-electron chi connectivity index (χ0n) is 8.70. The van der Waals surface area contributed by atoms with Crippen molar-refractivity contribution >= 4 is 23.5 Å². The van der Waals surface area contributed by atoms with E-state index >= 15 is 0 Å². The summed E-state index contributed by atoms with van der Waals surface area (Å²) in [5, 5.41) is 11.2. The van der Waals surface area contributed by atoms with Gasteiger partial charge in [-0.05, 0) is 24.1 Å². The van der Waals surface area contributed by atoms with Crippen LogP contribution in [0.5, 0.6) is 0 Å². The van der Waals surface area contributed by atoms with Gasteiger partial charge in [0, 0.05) is 0 Å². The quantitative estimate of drug-likeness (QED) is 0.831. The van der Waals surface area contributed by atoms with Crippen molar-refractivity contribution in [1.82, 2.24) is 5.32 Å². The zero-order valence-corrected chi connectivity index (χ0v) is 9.45. The second-order valence-corrected chi connectivity index (χ2v) is 3.60. The minimum atomic E-state index is -1.06. The Labute approximate surface area is 97.4 Å². The number of aliphatic carboxylic acids is 1. The molecule has 6 heteroatoms. The van der Waals surface area contributed by atoms with E-state index in [1.807, 2.05) is 6.92 Å². The SMILES string of the molecule is CCC[C@H](NC(=O)c1ccoc1Cl)C(=O)O. The van der Waals surface area contributed by atoms with Crippen LogP contribution in [0.3, 0.4) is 0 Å². The third kappa shape index (κ3) is 3.00. The number of hydrogen-bond donors (Lipinski definition) is 2. The molecule has 0 aliphatic carbocycles. The molecule has 0 spiro atoms. The Morgan fingerprint density at radius 3 is 2.75 bits per heavy atom. The van der Waals surface area contributed by atoms with E-state index in [0.29, 0.717) is 12.8 Å². The molecule has 1 atom stereocenters. The highest BCUT2D eigenvalue weighted by molar-refractivity contribution is 6.32. The lowest BCUT2D eigenvalue weighted by atomic mass is 10.1. The standard InChI is InChI=1S/C10H12ClNO4/c1-2-3-7(10(14)15)12-9(13)6-4-5-16-8(6)11/h4-5,7H,2-3H2,1H3,(H,12,13)(H,14,15)/t7-/m0/s1. The fourth-order valence-corrected chi connectivity index (χ4v) is 1.44. The highest BCUT2D eigenvalue weighted by Gasteiger charge is 2.21. The number of nitrogens with one attached hydrogen (secondary N) is 1. The topological polar surface area (TPSA) is 79.5 Å². The zero-order chi connectivity index (χ0) is 12.1. The maximum Gasteiger partial charge on any atom is 0.326 e. The average molecular weight is 246 g/mol. The number of carbonyl (C=O) groups excluding carboxylic acids is 1. The van der Waals surface area contributed by atoms with Gasteiger partial charge in [-0.25, -0.2) is 4.79 Å². The molecule has 2 N–H and O–H groups in total. The van der Waals surface area contributed by atoms with Gasteiger partial charge in [-0.3, -0.25) is 4.79 Å². The maximum atomic E-state index is 11.6. The molecule has 1 aromatic rings. The molecule has 0 saturated carbocycles. The van der Waals surface area contributed by atoms with Crippen molar-refractivity contribution < 1.29 is 19.1 Å². The lowest BCUT2D eigenvalue weighted by molar-refractivity contribution is -0.139.